The van der Waals surface area contributed by atoms with E-state index < -0.39 is 11.7 Å². The second-order valence-corrected chi connectivity index (χ2v) is 19.3. The SMILES string of the molecule is [C-]#[N+]c1cc(-n2c3cc(-c4ccc(C)cc4)ccc3c3ccc(-c4ccc(C)cc4)cc32)c(-n2c3cc(-c4ccc(C)cc4)ccc3c3ccc(-c4ccc(C)cc4)cc32)cc1-c1c([N+]#[C-])cccc1C(F)(F)F. The van der Waals surface area contributed by atoms with Crippen LogP contribution >= 0.6 is 0 Å². The van der Waals surface area contributed by atoms with Crippen molar-refractivity contribution < 1.29 is 13.2 Å². The molecule has 0 radical (unpaired) electrons. The molecule has 12 rings (SSSR count). The van der Waals surface area contributed by atoms with Crippen LogP contribution in [-0.2, 0) is 6.18 Å². The molecule has 0 unspecified atom stereocenters. The number of hydrogen-bond acceptors (Lipinski definition) is 0. The van der Waals surface area contributed by atoms with Gasteiger partial charge in [0, 0.05) is 21.5 Å². The fourth-order valence-electron chi connectivity index (χ4n) is 10.6. The second kappa shape index (κ2) is 17.7. The number of nitrogens with zero attached hydrogens (tertiary/aromatic N) is 4. The van der Waals surface area contributed by atoms with Gasteiger partial charge in [0.1, 0.15) is 0 Å². The fraction of sp³-hybridized carbons (Fsp3) is 0.0746. The van der Waals surface area contributed by atoms with Crippen LogP contribution in [0.3, 0.4) is 0 Å². The number of alkyl halides is 3. The first-order valence-corrected chi connectivity index (χ1v) is 24.4. The standard InChI is InChI=1S/C67H45F3N4/c1-40-10-18-44(19-11-40)48-26-30-52-53-31-27-49(45-20-12-41(2)13-21-45)35-61(53)73(60(52)34-48)64-38-56(66-57(67(68,69)70)8-7-9-58(66)71-5)59(72-6)39-65(64)74-62-36-50(46-22-14-42(3)15-23-46)28-32-54(62)55-33-29-51(37-63(55)74)47-24-16-43(4)17-25-47/h7-39H,1-4H3. The van der Waals surface area contributed by atoms with E-state index in [0.717, 1.165) is 116 Å². The van der Waals surface area contributed by atoms with Gasteiger partial charge in [-0.15, -0.1) is 0 Å². The highest BCUT2D eigenvalue weighted by Crippen LogP contribution is 2.50. The van der Waals surface area contributed by atoms with Gasteiger partial charge in [0.25, 0.3) is 0 Å². The number of hydrogen-bond donors (Lipinski definition) is 0. The maximum atomic E-state index is 15.4. The molecule has 0 fully saturated rings. The van der Waals surface area contributed by atoms with E-state index in [0.29, 0.717) is 11.4 Å². The Balaban J connectivity index is 1.28. The van der Waals surface area contributed by atoms with Crippen molar-refractivity contribution in [2.45, 2.75) is 33.9 Å². The summed E-state index contributed by atoms with van der Waals surface area (Å²) in [5.74, 6) is 0. The minimum Gasteiger partial charge on any atom is -0.308 e. The van der Waals surface area contributed by atoms with E-state index in [2.05, 4.69) is 216 Å². The lowest BCUT2D eigenvalue weighted by atomic mass is 9.94. The number of benzene rings is 10. The zero-order valence-electron chi connectivity index (χ0n) is 41.0. The van der Waals surface area contributed by atoms with Crippen molar-refractivity contribution in [3.05, 3.63) is 251 Å². The summed E-state index contributed by atoms with van der Waals surface area (Å²) in [6.45, 7) is 25.3. The Hall–Kier alpha value is -9.43. The molecule has 2 aromatic heterocycles. The van der Waals surface area contributed by atoms with Crippen LogP contribution in [0.1, 0.15) is 27.8 Å². The molecule has 354 valence electrons. The molecule has 7 heteroatoms. The normalized spacial score (nSPS) is 11.7. The molecule has 0 spiro atoms. The predicted octanol–water partition coefficient (Wildman–Crippen LogP) is 19.6. The van der Waals surface area contributed by atoms with E-state index in [-0.39, 0.29) is 22.5 Å². The van der Waals surface area contributed by atoms with Gasteiger partial charge >= 0.3 is 6.18 Å². The van der Waals surface area contributed by atoms with Gasteiger partial charge in [-0.25, -0.2) is 9.69 Å². The Morgan fingerprint density at radius 3 is 0.973 bits per heavy atom. The zero-order chi connectivity index (χ0) is 51.0. The van der Waals surface area contributed by atoms with E-state index in [4.69, 9.17) is 13.1 Å². The molecule has 0 atom stereocenters. The van der Waals surface area contributed by atoms with Crippen molar-refractivity contribution in [2.75, 3.05) is 0 Å². The third kappa shape index (κ3) is 7.78. The predicted molar refractivity (Wildman–Crippen MR) is 299 cm³/mol. The van der Waals surface area contributed by atoms with Gasteiger partial charge in [-0.1, -0.05) is 186 Å². The molecule has 0 saturated heterocycles. The molecule has 10 aromatic carbocycles. The van der Waals surface area contributed by atoms with E-state index >= 15 is 13.2 Å². The van der Waals surface area contributed by atoms with Gasteiger partial charge in [-0.2, -0.15) is 13.2 Å². The second-order valence-electron chi connectivity index (χ2n) is 19.3. The minimum absolute atomic E-state index is 0.0125. The Labute approximate surface area is 427 Å². The topological polar surface area (TPSA) is 18.6 Å². The molecule has 0 bridgehead atoms. The van der Waals surface area contributed by atoms with E-state index in [9.17, 15) is 0 Å². The quantitative estimate of drug-likeness (QED) is 0.142. The monoisotopic (exact) mass is 962 g/mol. The Bertz CT molecular complexity index is 4110. The number of halogens is 3. The first-order chi connectivity index (χ1) is 35.8. The third-order valence-electron chi connectivity index (χ3n) is 14.5. The Kier molecular flexibility index (Phi) is 10.9. The summed E-state index contributed by atoms with van der Waals surface area (Å²) in [6, 6.07) is 66.4. The lowest BCUT2D eigenvalue weighted by Gasteiger charge is -2.22. The van der Waals surface area contributed by atoms with E-state index in [1.54, 1.807) is 12.1 Å². The number of aryl methyl sites for hydroxylation is 4. The molecule has 4 nitrogen and oxygen atoms in total. The summed E-state index contributed by atoms with van der Waals surface area (Å²) in [5.41, 5.74) is 15.4. The van der Waals surface area contributed by atoms with Crippen molar-refractivity contribution in [2.24, 2.45) is 0 Å². The number of aromatic nitrogens is 2. The van der Waals surface area contributed by atoms with E-state index in [1.807, 2.05) is 0 Å². The molecular formula is C67H45F3N4. The highest BCUT2D eigenvalue weighted by molar-refractivity contribution is 6.14. The molecule has 0 aliphatic heterocycles. The van der Waals surface area contributed by atoms with E-state index in [1.165, 1.54) is 12.1 Å². The van der Waals surface area contributed by atoms with Gasteiger partial charge in [-0.3, -0.25) is 0 Å². The summed E-state index contributed by atoms with van der Waals surface area (Å²) in [5, 5.41) is 3.82. The Morgan fingerprint density at radius 2 is 0.662 bits per heavy atom. The van der Waals surface area contributed by atoms with Crippen LogP contribution in [0.2, 0.25) is 0 Å². The summed E-state index contributed by atoms with van der Waals surface area (Å²) < 4.78 is 50.5. The van der Waals surface area contributed by atoms with Crippen LogP contribution in [-0.4, -0.2) is 9.13 Å². The highest BCUT2D eigenvalue weighted by atomic mass is 19.4. The molecular weight excluding hydrogens is 918 g/mol. The fourth-order valence-corrected chi connectivity index (χ4v) is 10.6. The van der Waals surface area contributed by atoms with Crippen LogP contribution in [0.4, 0.5) is 24.5 Å². The molecule has 0 amide bonds. The highest BCUT2D eigenvalue weighted by Gasteiger charge is 2.36. The maximum Gasteiger partial charge on any atom is 0.415 e. The Morgan fingerprint density at radius 1 is 0.351 bits per heavy atom. The lowest BCUT2D eigenvalue weighted by Crippen LogP contribution is -2.08. The number of fused-ring (bicyclic) bond motifs is 6. The van der Waals surface area contributed by atoms with Crippen molar-refractivity contribution in [3.63, 3.8) is 0 Å². The van der Waals surface area contributed by atoms with Crippen molar-refractivity contribution in [3.8, 4) is 67.0 Å². The van der Waals surface area contributed by atoms with Crippen LogP contribution < -0.4 is 0 Å². The summed E-state index contributed by atoms with van der Waals surface area (Å²) >= 11 is 0. The first-order valence-electron chi connectivity index (χ1n) is 24.4. The molecule has 0 aliphatic rings. The van der Waals surface area contributed by atoms with Crippen molar-refractivity contribution in [1.82, 2.24) is 9.13 Å². The van der Waals surface area contributed by atoms with Gasteiger partial charge in [-0.05, 0) is 120 Å². The summed E-state index contributed by atoms with van der Waals surface area (Å²) in [6.07, 6.45) is -4.83. The first kappa shape index (κ1) is 45.7. The molecule has 0 saturated carbocycles. The zero-order valence-corrected chi connectivity index (χ0v) is 41.0. The maximum absolute atomic E-state index is 15.4. The van der Waals surface area contributed by atoms with Crippen molar-refractivity contribution in [1.29, 1.82) is 0 Å². The number of rotatable bonds is 7. The molecule has 0 N–H and O–H groups in total. The largest absolute Gasteiger partial charge is 0.415 e. The van der Waals surface area contributed by atoms with Gasteiger partial charge in [0.2, 0.25) is 0 Å². The molecule has 0 aliphatic carbocycles. The van der Waals surface area contributed by atoms with Crippen LogP contribution in [0, 0.1) is 40.8 Å². The average Bonchev–Trinajstić information content (AvgIpc) is 3.93. The van der Waals surface area contributed by atoms with Crippen LogP contribution in [0.5, 0.6) is 0 Å². The molecule has 2 heterocycles. The minimum atomic E-state index is -4.83. The van der Waals surface area contributed by atoms with Gasteiger partial charge in [0.05, 0.1) is 52.1 Å². The van der Waals surface area contributed by atoms with Crippen molar-refractivity contribution >= 4 is 55.0 Å². The third-order valence-corrected chi connectivity index (χ3v) is 14.5. The van der Waals surface area contributed by atoms with Crippen LogP contribution in [0.15, 0.2) is 200 Å². The van der Waals surface area contributed by atoms with Gasteiger partial charge in [0.15, 0.2) is 11.4 Å². The molecule has 74 heavy (non-hydrogen) atoms. The summed E-state index contributed by atoms with van der Waals surface area (Å²) in [4.78, 5) is 7.72. The van der Waals surface area contributed by atoms with Crippen LogP contribution in [0.25, 0.3) is 120 Å². The smallest absolute Gasteiger partial charge is 0.308 e. The summed E-state index contributed by atoms with van der Waals surface area (Å²) in [7, 11) is 0. The molecule has 12 aromatic rings. The average molecular weight is 963 g/mol. The van der Waals surface area contributed by atoms with Gasteiger partial charge < -0.3 is 9.13 Å². The lowest BCUT2D eigenvalue weighted by molar-refractivity contribution is -0.137.